The molecule has 0 spiro atoms. The summed E-state index contributed by atoms with van der Waals surface area (Å²) < 4.78 is 10.4. The lowest BCUT2D eigenvalue weighted by Crippen LogP contribution is -2.40. The van der Waals surface area contributed by atoms with Crippen molar-refractivity contribution in [3.63, 3.8) is 0 Å². The monoisotopic (exact) mass is 376 g/mol. The Bertz CT molecular complexity index is 573. The Labute approximate surface area is 162 Å². The van der Waals surface area contributed by atoms with Crippen LogP contribution in [0.25, 0.3) is 0 Å². The summed E-state index contributed by atoms with van der Waals surface area (Å²) in [6, 6.07) is 9.29. The number of amides is 1. The molecule has 0 aliphatic carbocycles. The zero-order valence-corrected chi connectivity index (χ0v) is 16.6. The summed E-state index contributed by atoms with van der Waals surface area (Å²) in [7, 11) is 1.37. The van der Waals surface area contributed by atoms with Crippen LogP contribution < -0.4 is 4.74 Å². The zero-order chi connectivity index (χ0) is 19.5. The van der Waals surface area contributed by atoms with Crippen molar-refractivity contribution in [3.05, 3.63) is 30.3 Å². The SMILES string of the molecule is COC(=O)C(C)CN(CCCCN1CCCC1)C(=O)COc1ccccc1. The molecular formula is C21H32N2O4. The number of para-hydroxylation sites is 1. The van der Waals surface area contributed by atoms with Crippen molar-refractivity contribution in [1.29, 1.82) is 0 Å². The Kier molecular flexibility index (Phi) is 9.11. The van der Waals surface area contributed by atoms with Crippen molar-refractivity contribution in [2.45, 2.75) is 32.6 Å². The molecule has 0 radical (unpaired) electrons. The largest absolute Gasteiger partial charge is 0.484 e. The topological polar surface area (TPSA) is 59.1 Å². The van der Waals surface area contributed by atoms with Gasteiger partial charge in [-0.2, -0.15) is 0 Å². The highest BCUT2D eigenvalue weighted by Gasteiger charge is 2.22. The molecule has 1 fully saturated rings. The van der Waals surface area contributed by atoms with Gasteiger partial charge in [0.25, 0.3) is 5.91 Å². The zero-order valence-electron chi connectivity index (χ0n) is 16.6. The van der Waals surface area contributed by atoms with E-state index in [1.54, 1.807) is 11.8 Å². The molecule has 27 heavy (non-hydrogen) atoms. The maximum atomic E-state index is 12.7. The van der Waals surface area contributed by atoms with E-state index in [0.717, 1.165) is 19.4 Å². The first kappa shape index (κ1) is 21.2. The van der Waals surface area contributed by atoms with E-state index in [-0.39, 0.29) is 24.4 Å². The third-order valence-electron chi connectivity index (χ3n) is 4.91. The molecule has 1 amide bonds. The second-order valence-corrected chi connectivity index (χ2v) is 7.12. The fourth-order valence-corrected chi connectivity index (χ4v) is 3.32. The van der Waals surface area contributed by atoms with Crippen LogP contribution in [0, 0.1) is 5.92 Å². The minimum absolute atomic E-state index is 0.0238. The highest BCUT2D eigenvalue weighted by Crippen LogP contribution is 2.11. The summed E-state index contributed by atoms with van der Waals surface area (Å²) in [5.41, 5.74) is 0. The average Bonchev–Trinajstić information content (AvgIpc) is 3.21. The number of carbonyl (C=O) groups excluding carboxylic acids is 2. The van der Waals surface area contributed by atoms with Crippen molar-refractivity contribution >= 4 is 11.9 Å². The van der Waals surface area contributed by atoms with E-state index in [4.69, 9.17) is 9.47 Å². The number of nitrogens with zero attached hydrogens (tertiary/aromatic N) is 2. The van der Waals surface area contributed by atoms with E-state index in [9.17, 15) is 9.59 Å². The fraction of sp³-hybridized carbons (Fsp3) is 0.619. The van der Waals surface area contributed by atoms with Crippen molar-refractivity contribution < 1.29 is 19.1 Å². The normalized spacial score (nSPS) is 15.3. The van der Waals surface area contributed by atoms with Gasteiger partial charge in [-0.25, -0.2) is 0 Å². The van der Waals surface area contributed by atoms with Crippen LogP contribution in [-0.4, -0.2) is 68.1 Å². The lowest BCUT2D eigenvalue weighted by atomic mass is 10.1. The first-order chi connectivity index (χ1) is 13.1. The van der Waals surface area contributed by atoms with Gasteiger partial charge in [-0.3, -0.25) is 9.59 Å². The quantitative estimate of drug-likeness (QED) is 0.439. The van der Waals surface area contributed by atoms with Gasteiger partial charge in [0, 0.05) is 13.1 Å². The van der Waals surface area contributed by atoms with Crippen molar-refractivity contribution in [2.75, 3.05) is 46.4 Å². The summed E-state index contributed by atoms with van der Waals surface area (Å²) in [5.74, 6) is -0.0836. The number of likely N-dealkylation sites (tertiary alicyclic amines) is 1. The molecule has 0 N–H and O–H groups in total. The predicted molar refractivity (Wildman–Crippen MR) is 105 cm³/mol. The van der Waals surface area contributed by atoms with E-state index in [0.29, 0.717) is 18.8 Å². The Morgan fingerprint density at radius 1 is 1.15 bits per heavy atom. The number of hydrogen-bond acceptors (Lipinski definition) is 5. The number of benzene rings is 1. The average molecular weight is 376 g/mol. The van der Waals surface area contributed by atoms with E-state index >= 15 is 0 Å². The van der Waals surface area contributed by atoms with Crippen molar-refractivity contribution in [3.8, 4) is 5.75 Å². The molecule has 2 rings (SSSR count). The molecule has 1 heterocycles. The van der Waals surface area contributed by atoms with Crippen molar-refractivity contribution in [2.24, 2.45) is 5.92 Å². The number of hydrogen-bond donors (Lipinski definition) is 0. The highest BCUT2D eigenvalue weighted by molar-refractivity contribution is 5.79. The summed E-state index contributed by atoms with van der Waals surface area (Å²) in [6.07, 6.45) is 4.55. The molecular weight excluding hydrogens is 344 g/mol. The van der Waals surface area contributed by atoms with Crippen LogP contribution in [0.1, 0.15) is 32.6 Å². The molecule has 1 aromatic carbocycles. The van der Waals surface area contributed by atoms with Crippen LogP contribution in [0.15, 0.2) is 30.3 Å². The van der Waals surface area contributed by atoms with Crippen LogP contribution in [-0.2, 0) is 14.3 Å². The minimum Gasteiger partial charge on any atom is -0.484 e. The van der Waals surface area contributed by atoms with Crippen LogP contribution in [0.4, 0.5) is 0 Å². The highest BCUT2D eigenvalue weighted by atomic mass is 16.5. The Hall–Kier alpha value is -2.08. The summed E-state index contributed by atoms with van der Waals surface area (Å²) in [4.78, 5) is 28.6. The number of unbranched alkanes of at least 4 members (excludes halogenated alkanes) is 1. The van der Waals surface area contributed by atoms with E-state index in [2.05, 4.69) is 4.90 Å². The first-order valence-corrected chi connectivity index (χ1v) is 9.86. The van der Waals surface area contributed by atoms with Crippen LogP contribution in [0.2, 0.25) is 0 Å². The molecule has 1 saturated heterocycles. The standard InChI is InChI=1S/C21H32N2O4/c1-18(21(25)26-2)16-23(15-9-8-14-22-12-6-7-13-22)20(24)17-27-19-10-4-3-5-11-19/h3-5,10-11,18H,6-9,12-17H2,1-2H3. The molecule has 1 aromatic rings. The van der Waals surface area contributed by atoms with Crippen LogP contribution in [0.5, 0.6) is 5.75 Å². The molecule has 0 aromatic heterocycles. The lowest BCUT2D eigenvalue weighted by Gasteiger charge is -2.25. The Balaban J connectivity index is 1.82. The minimum atomic E-state index is -0.353. The number of rotatable bonds is 11. The molecule has 0 bridgehead atoms. The van der Waals surface area contributed by atoms with E-state index in [1.807, 2.05) is 30.3 Å². The van der Waals surface area contributed by atoms with Crippen LogP contribution in [0.3, 0.4) is 0 Å². The molecule has 1 aliphatic heterocycles. The van der Waals surface area contributed by atoms with Crippen molar-refractivity contribution in [1.82, 2.24) is 9.80 Å². The van der Waals surface area contributed by atoms with Gasteiger partial charge in [0.15, 0.2) is 6.61 Å². The van der Waals surface area contributed by atoms with Gasteiger partial charge in [-0.15, -0.1) is 0 Å². The number of ether oxygens (including phenoxy) is 2. The number of esters is 1. The van der Waals surface area contributed by atoms with E-state index < -0.39 is 0 Å². The molecule has 150 valence electrons. The molecule has 1 atom stereocenters. The second kappa shape index (κ2) is 11.6. The van der Waals surface area contributed by atoms with Gasteiger partial charge in [0.2, 0.25) is 0 Å². The Morgan fingerprint density at radius 3 is 2.52 bits per heavy atom. The molecule has 6 heteroatoms. The summed E-state index contributed by atoms with van der Waals surface area (Å²) in [6.45, 7) is 6.20. The molecule has 6 nitrogen and oxygen atoms in total. The summed E-state index contributed by atoms with van der Waals surface area (Å²) in [5, 5.41) is 0. The fourth-order valence-electron chi connectivity index (χ4n) is 3.32. The lowest BCUT2D eigenvalue weighted by molar-refractivity contribution is -0.146. The van der Waals surface area contributed by atoms with Gasteiger partial charge in [0.1, 0.15) is 5.75 Å². The maximum absolute atomic E-state index is 12.7. The maximum Gasteiger partial charge on any atom is 0.310 e. The van der Waals surface area contributed by atoms with Gasteiger partial charge in [-0.05, 0) is 57.5 Å². The van der Waals surface area contributed by atoms with E-state index in [1.165, 1.54) is 33.0 Å². The molecule has 0 saturated carbocycles. The third-order valence-corrected chi connectivity index (χ3v) is 4.91. The van der Waals surface area contributed by atoms with Gasteiger partial charge < -0.3 is 19.3 Å². The summed E-state index contributed by atoms with van der Waals surface area (Å²) >= 11 is 0. The molecule has 1 aliphatic rings. The smallest absolute Gasteiger partial charge is 0.310 e. The second-order valence-electron chi connectivity index (χ2n) is 7.12. The van der Waals surface area contributed by atoms with Gasteiger partial charge in [0.05, 0.1) is 13.0 Å². The number of methoxy groups -OCH3 is 1. The Morgan fingerprint density at radius 2 is 1.85 bits per heavy atom. The van der Waals surface area contributed by atoms with Crippen LogP contribution >= 0.6 is 0 Å². The molecule has 1 unspecified atom stereocenters. The third kappa shape index (κ3) is 7.59. The van der Waals surface area contributed by atoms with Gasteiger partial charge >= 0.3 is 5.97 Å². The van der Waals surface area contributed by atoms with Gasteiger partial charge in [-0.1, -0.05) is 25.1 Å². The predicted octanol–water partition coefficient (Wildman–Crippen LogP) is 2.58. The first-order valence-electron chi connectivity index (χ1n) is 9.86. The number of carbonyl (C=O) groups is 2.